The van der Waals surface area contributed by atoms with Gasteiger partial charge in [0.2, 0.25) is 5.91 Å². The maximum absolute atomic E-state index is 12.2. The van der Waals surface area contributed by atoms with Gasteiger partial charge in [0, 0.05) is 25.4 Å². The van der Waals surface area contributed by atoms with E-state index in [4.69, 9.17) is 14.2 Å². The van der Waals surface area contributed by atoms with E-state index in [1.807, 2.05) is 24.3 Å². The van der Waals surface area contributed by atoms with Crippen molar-refractivity contribution >= 4 is 24.0 Å². The summed E-state index contributed by atoms with van der Waals surface area (Å²) in [6.07, 6.45) is 1.33. The largest absolute Gasteiger partial charge is 0.486 e. The molecule has 1 aromatic carbocycles. The molecule has 2 heterocycles. The topological polar surface area (TPSA) is 68.8 Å². The predicted molar refractivity (Wildman–Crippen MR) is 89.4 cm³/mol. The Kier molecular flexibility index (Phi) is 7.11. The van der Waals surface area contributed by atoms with Gasteiger partial charge in [0.25, 0.3) is 0 Å². The Labute approximate surface area is 142 Å². The van der Waals surface area contributed by atoms with Crippen LogP contribution in [-0.4, -0.2) is 51.0 Å². The Morgan fingerprint density at radius 3 is 2.83 bits per heavy atom. The van der Waals surface area contributed by atoms with Crippen LogP contribution in [0.5, 0.6) is 5.75 Å². The molecule has 2 fully saturated rings. The summed E-state index contributed by atoms with van der Waals surface area (Å²) in [6, 6.07) is 7.58. The monoisotopic (exact) mass is 342 g/mol. The molecular formula is C16H23ClN2O4. The SMILES string of the molecule is Cl.O=C(CC1COCCN1)Nc1ccccc1OC1CCOC1. The first-order valence-electron chi connectivity index (χ1n) is 7.75. The summed E-state index contributed by atoms with van der Waals surface area (Å²) in [5.74, 6) is 0.654. The van der Waals surface area contributed by atoms with Gasteiger partial charge in [-0.2, -0.15) is 0 Å². The van der Waals surface area contributed by atoms with Gasteiger partial charge in [-0.25, -0.2) is 0 Å². The second-order valence-electron chi connectivity index (χ2n) is 5.58. The fourth-order valence-corrected chi connectivity index (χ4v) is 2.63. The van der Waals surface area contributed by atoms with Gasteiger partial charge < -0.3 is 24.8 Å². The number of amides is 1. The quantitative estimate of drug-likeness (QED) is 0.850. The number of anilines is 1. The van der Waals surface area contributed by atoms with E-state index in [1.165, 1.54) is 0 Å². The molecule has 2 saturated heterocycles. The van der Waals surface area contributed by atoms with Crippen LogP contribution < -0.4 is 15.4 Å². The maximum atomic E-state index is 12.2. The summed E-state index contributed by atoms with van der Waals surface area (Å²) < 4.78 is 16.6. The molecule has 23 heavy (non-hydrogen) atoms. The Morgan fingerprint density at radius 2 is 2.09 bits per heavy atom. The Bertz CT molecular complexity index is 503. The van der Waals surface area contributed by atoms with Crippen LogP contribution >= 0.6 is 12.4 Å². The maximum Gasteiger partial charge on any atom is 0.226 e. The lowest BCUT2D eigenvalue weighted by molar-refractivity contribution is -0.117. The van der Waals surface area contributed by atoms with Crippen molar-refractivity contribution in [3.8, 4) is 5.75 Å². The number of rotatable bonds is 5. The van der Waals surface area contributed by atoms with Crippen LogP contribution in [0.4, 0.5) is 5.69 Å². The highest BCUT2D eigenvalue weighted by molar-refractivity contribution is 5.92. The zero-order valence-electron chi connectivity index (χ0n) is 13.0. The number of benzene rings is 1. The molecule has 0 aromatic heterocycles. The standard InChI is InChI=1S/C16H22N2O4.ClH/c19-16(9-12-10-21-8-6-17-12)18-14-3-1-2-4-15(14)22-13-5-7-20-11-13;/h1-4,12-13,17H,5-11H2,(H,18,19);1H. The highest BCUT2D eigenvalue weighted by Crippen LogP contribution is 2.26. The third kappa shape index (κ3) is 5.35. The molecule has 2 atom stereocenters. The van der Waals surface area contributed by atoms with Crippen LogP contribution in [0, 0.1) is 0 Å². The summed E-state index contributed by atoms with van der Waals surface area (Å²) in [5, 5.41) is 6.21. The smallest absolute Gasteiger partial charge is 0.226 e. The number of ether oxygens (including phenoxy) is 3. The number of morpholine rings is 1. The lowest BCUT2D eigenvalue weighted by atomic mass is 10.2. The van der Waals surface area contributed by atoms with E-state index >= 15 is 0 Å². The normalized spacial score (nSPS) is 23.8. The molecule has 7 heteroatoms. The molecule has 6 nitrogen and oxygen atoms in total. The molecule has 1 amide bonds. The molecule has 1 aromatic rings. The summed E-state index contributed by atoms with van der Waals surface area (Å²) in [5.41, 5.74) is 0.705. The highest BCUT2D eigenvalue weighted by atomic mass is 35.5. The van der Waals surface area contributed by atoms with Crippen molar-refractivity contribution in [3.05, 3.63) is 24.3 Å². The van der Waals surface area contributed by atoms with E-state index < -0.39 is 0 Å². The predicted octanol–water partition coefficient (Wildman–Crippen LogP) is 1.59. The van der Waals surface area contributed by atoms with Crippen molar-refractivity contribution in [2.45, 2.75) is 25.0 Å². The molecule has 2 aliphatic heterocycles. The molecule has 0 aliphatic carbocycles. The van der Waals surface area contributed by atoms with Crippen molar-refractivity contribution in [2.75, 3.05) is 38.3 Å². The first-order valence-corrected chi connectivity index (χ1v) is 7.75. The third-order valence-corrected chi connectivity index (χ3v) is 3.77. The summed E-state index contributed by atoms with van der Waals surface area (Å²) in [4.78, 5) is 12.2. The van der Waals surface area contributed by atoms with E-state index in [1.54, 1.807) is 0 Å². The van der Waals surface area contributed by atoms with Gasteiger partial charge in [0.05, 0.1) is 32.1 Å². The average Bonchev–Trinajstić information content (AvgIpc) is 3.03. The fraction of sp³-hybridized carbons (Fsp3) is 0.562. The van der Waals surface area contributed by atoms with Gasteiger partial charge >= 0.3 is 0 Å². The number of halogens is 1. The molecule has 0 radical (unpaired) electrons. The van der Waals surface area contributed by atoms with Gasteiger partial charge in [-0.3, -0.25) is 4.79 Å². The minimum absolute atomic E-state index is 0. The highest BCUT2D eigenvalue weighted by Gasteiger charge is 2.20. The van der Waals surface area contributed by atoms with Gasteiger partial charge in [-0.15, -0.1) is 12.4 Å². The lowest BCUT2D eigenvalue weighted by Crippen LogP contribution is -2.43. The van der Waals surface area contributed by atoms with E-state index in [-0.39, 0.29) is 30.5 Å². The molecule has 0 spiro atoms. The van der Waals surface area contributed by atoms with Crippen molar-refractivity contribution in [1.82, 2.24) is 5.32 Å². The van der Waals surface area contributed by atoms with Gasteiger partial charge in [0.15, 0.2) is 0 Å². The van der Waals surface area contributed by atoms with Crippen LogP contribution in [0.2, 0.25) is 0 Å². The molecular weight excluding hydrogens is 320 g/mol. The fourth-order valence-electron chi connectivity index (χ4n) is 2.63. The number of nitrogens with one attached hydrogen (secondary N) is 2. The first-order chi connectivity index (χ1) is 10.8. The molecule has 3 rings (SSSR count). The number of carbonyl (C=O) groups excluding carboxylic acids is 1. The lowest BCUT2D eigenvalue weighted by Gasteiger charge is -2.23. The number of carbonyl (C=O) groups is 1. The second-order valence-corrected chi connectivity index (χ2v) is 5.58. The molecule has 2 aliphatic rings. The second kappa shape index (κ2) is 9.08. The average molecular weight is 343 g/mol. The zero-order chi connectivity index (χ0) is 15.2. The number of para-hydroxylation sites is 2. The van der Waals surface area contributed by atoms with Crippen LogP contribution in [0.3, 0.4) is 0 Å². The molecule has 128 valence electrons. The van der Waals surface area contributed by atoms with E-state index in [0.717, 1.165) is 19.6 Å². The molecule has 0 saturated carbocycles. The van der Waals surface area contributed by atoms with Crippen molar-refractivity contribution < 1.29 is 19.0 Å². The zero-order valence-corrected chi connectivity index (χ0v) is 13.8. The third-order valence-electron chi connectivity index (χ3n) is 3.77. The van der Waals surface area contributed by atoms with E-state index in [0.29, 0.717) is 37.7 Å². The first kappa shape index (κ1) is 18.0. The number of hydrogen-bond donors (Lipinski definition) is 2. The van der Waals surface area contributed by atoms with Crippen LogP contribution in [-0.2, 0) is 14.3 Å². The molecule has 0 bridgehead atoms. The van der Waals surface area contributed by atoms with Gasteiger partial charge in [-0.1, -0.05) is 12.1 Å². The van der Waals surface area contributed by atoms with Gasteiger partial charge in [0.1, 0.15) is 11.9 Å². The van der Waals surface area contributed by atoms with Crippen LogP contribution in [0.15, 0.2) is 24.3 Å². The van der Waals surface area contributed by atoms with Crippen LogP contribution in [0.1, 0.15) is 12.8 Å². The van der Waals surface area contributed by atoms with E-state index in [2.05, 4.69) is 10.6 Å². The Hall–Kier alpha value is -1.34. The van der Waals surface area contributed by atoms with E-state index in [9.17, 15) is 4.79 Å². The van der Waals surface area contributed by atoms with Crippen LogP contribution in [0.25, 0.3) is 0 Å². The Morgan fingerprint density at radius 1 is 1.26 bits per heavy atom. The minimum atomic E-state index is -0.0401. The van der Waals surface area contributed by atoms with Gasteiger partial charge in [-0.05, 0) is 12.1 Å². The summed E-state index contributed by atoms with van der Waals surface area (Å²) in [7, 11) is 0. The minimum Gasteiger partial charge on any atom is -0.486 e. The molecule has 2 N–H and O–H groups in total. The summed E-state index contributed by atoms with van der Waals surface area (Å²) >= 11 is 0. The van der Waals surface area contributed by atoms with Crippen molar-refractivity contribution in [3.63, 3.8) is 0 Å². The number of hydrogen-bond acceptors (Lipinski definition) is 5. The summed E-state index contributed by atoms with van der Waals surface area (Å²) in [6.45, 7) is 3.40. The Balaban J connectivity index is 0.00000192. The van der Waals surface area contributed by atoms with Crippen molar-refractivity contribution in [1.29, 1.82) is 0 Å². The molecule has 2 unspecified atom stereocenters. The van der Waals surface area contributed by atoms with Crippen molar-refractivity contribution in [2.24, 2.45) is 0 Å².